The Bertz CT molecular complexity index is 221. The van der Waals surface area contributed by atoms with Gasteiger partial charge in [0.15, 0.2) is 0 Å². The van der Waals surface area contributed by atoms with Crippen LogP contribution in [0.5, 0.6) is 0 Å². The Morgan fingerprint density at radius 2 is 2.42 bits per heavy atom. The molecule has 3 nitrogen and oxygen atoms in total. The minimum Gasteiger partial charge on any atom is -0.480 e. The summed E-state index contributed by atoms with van der Waals surface area (Å²) in [5.74, 6) is -0.626. The van der Waals surface area contributed by atoms with Gasteiger partial charge in [0, 0.05) is 0 Å². The molecule has 0 fully saturated rings. The highest BCUT2D eigenvalue weighted by Gasteiger charge is 2.16. The van der Waals surface area contributed by atoms with Gasteiger partial charge in [-0.1, -0.05) is 24.3 Å². The third-order valence-electron chi connectivity index (χ3n) is 1.94. The number of carboxylic acids is 1. The molecule has 0 radical (unpaired) electrons. The zero-order valence-corrected chi connectivity index (χ0v) is 6.81. The van der Waals surface area contributed by atoms with Gasteiger partial charge < -0.3 is 10.8 Å². The second-order valence-corrected chi connectivity index (χ2v) is 2.99. The normalized spacial score (nSPS) is 23.9. The van der Waals surface area contributed by atoms with Crippen molar-refractivity contribution in [2.75, 3.05) is 0 Å². The van der Waals surface area contributed by atoms with Crippen LogP contribution < -0.4 is 5.73 Å². The Hall–Kier alpha value is -1.09. The minimum atomic E-state index is -0.919. The van der Waals surface area contributed by atoms with Crippen molar-refractivity contribution in [3.8, 4) is 0 Å². The molecule has 0 aromatic carbocycles. The summed E-state index contributed by atoms with van der Waals surface area (Å²) in [5, 5.41) is 8.55. The van der Waals surface area contributed by atoms with Gasteiger partial charge in [-0.2, -0.15) is 0 Å². The first-order valence-electron chi connectivity index (χ1n) is 4.02. The van der Waals surface area contributed by atoms with Crippen molar-refractivity contribution in [2.24, 2.45) is 11.7 Å². The summed E-state index contributed by atoms with van der Waals surface area (Å²) in [6.45, 7) is 0. The van der Waals surface area contributed by atoms with E-state index in [1.54, 1.807) is 0 Å². The largest absolute Gasteiger partial charge is 0.480 e. The van der Waals surface area contributed by atoms with E-state index in [0.717, 1.165) is 6.42 Å². The second-order valence-electron chi connectivity index (χ2n) is 2.99. The lowest BCUT2D eigenvalue weighted by Crippen LogP contribution is -2.32. The molecule has 12 heavy (non-hydrogen) atoms. The first-order chi connectivity index (χ1) is 5.70. The van der Waals surface area contributed by atoms with Crippen LogP contribution in [-0.4, -0.2) is 17.1 Å². The number of carboxylic acid groups (broad SMARTS) is 1. The fourth-order valence-electron chi connectivity index (χ4n) is 1.23. The van der Waals surface area contributed by atoms with E-state index in [2.05, 4.69) is 0 Å². The van der Waals surface area contributed by atoms with Gasteiger partial charge in [0.2, 0.25) is 0 Å². The van der Waals surface area contributed by atoms with Crippen molar-refractivity contribution in [2.45, 2.75) is 18.9 Å². The zero-order valence-electron chi connectivity index (χ0n) is 6.81. The third kappa shape index (κ3) is 2.51. The van der Waals surface area contributed by atoms with Crippen LogP contribution in [0.1, 0.15) is 12.8 Å². The van der Waals surface area contributed by atoms with Crippen LogP contribution >= 0.6 is 0 Å². The van der Waals surface area contributed by atoms with Crippen LogP contribution in [0.3, 0.4) is 0 Å². The average molecular weight is 167 g/mol. The number of hydrogen-bond donors (Lipinski definition) is 2. The van der Waals surface area contributed by atoms with Gasteiger partial charge in [-0.25, -0.2) is 0 Å². The van der Waals surface area contributed by atoms with Gasteiger partial charge in [0.05, 0.1) is 0 Å². The maximum Gasteiger partial charge on any atom is 0.320 e. The predicted molar refractivity (Wildman–Crippen MR) is 46.6 cm³/mol. The van der Waals surface area contributed by atoms with Crippen LogP contribution in [0, 0.1) is 5.92 Å². The van der Waals surface area contributed by atoms with Crippen molar-refractivity contribution in [3.05, 3.63) is 24.3 Å². The minimum absolute atomic E-state index is 0.293. The molecule has 66 valence electrons. The molecule has 0 bridgehead atoms. The van der Waals surface area contributed by atoms with E-state index in [-0.39, 0.29) is 0 Å². The SMILES string of the molecule is N[C@@H](C[C@@H]1C=CC=CC1)C(=O)O. The summed E-state index contributed by atoms with van der Waals surface area (Å²) in [6.07, 6.45) is 9.35. The van der Waals surface area contributed by atoms with Gasteiger partial charge in [-0.15, -0.1) is 0 Å². The van der Waals surface area contributed by atoms with Crippen LogP contribution in [0.25, 0.3) is 0 Å². The smallest absolute Gasteiger partial charge is 0.320 e. The van der Waals surface area contributed by atoms with Crippen molar-refractivity contribution in [1.29, 1.82) is 0 Å². The highest BCUT2D eigenvalue weighted by molar-refractivity contribution is 5.73. The van der Waals surface area contributed by atoms with E-state index < -0.39 is 12.0 Å². The number of aliphatic carboxylic acids is 1. The van der Waals surface area contributed by atoms with Gasteiger partial charge in [-0.05, 0) is 18.8 Å². The van der Waals surface area contributed by atoms with E-state index in [1.807, 2.05) is 24.3 Å². The van der Waals surface area contributed by atoms with Gasteiger partial charge in [0.25, 0.3) is 0 Å². The molecule has 0 aliphatic heterocycles. The highest BCUT2D eigenvalue weighted by atomic mass is 16.4. The monoisotopic (exact) mass is 167 g/mol. The summed E-state index contributed by atoms with van der Waals surface area (Å²) in [4.78, 5) is 10.4. The molecular weight excluding hydrogens is 154 g/mol. The Morgan fingerprint density at radius 1 is 1.67 bits per heavy atom. The van der Waals surface area contributed by atoms with Crippen molar-refractivity contribution in [1.82, 2.24) is 0 Å². The summed E-state index contributed by atoms with van der Waals surface area (Å²) < 4.78 is 0. The van der Waals surface area contributed by atoms with Crippen LogP contribution in [0.4, 0.5) is 0 Å². The molecule has 3 N–H and O–H groups in total. The van der Waals surface area contributed by atoms with E-state index >= 15 is 0 Å². The number of hydrogen-bond acceptors (Lipinski definition) is 2. The van der Waals surface area contributed by atoms with Gasteiger partial charge >= 0.3 is 5.97 Å². The molecule has 0 unspecified atom stereocenters. The molecule has 0 heterocycles. The molecule has 0 amide bonds. The molecule has 1 aliphatic rings. The Labute approximate surface area is 71.6 Å². The molecule has 0 aromatic heterocycles. The lowest BCUT2D eigenvalue weighted by molar-refractivity contribution is -0.138. The number of allylic oxidation sites excluding steroid dienone is 4. The Balaban J connectivity index is 2.36. The molecule has 0 saturated carbocycles. The van der Waals surface area contributed by atoms with Crippen LogP contribution in [0.2, 0.25) is 0 Å². The third-order valence-corrected chi connectivity index (χ3v) is 1.94. The molecule has 2 atom stereocenters. The van der Waals surface area contributed by atoms with E-state index in [0.29, 0.717) is 12.3 Å². The Kier molecular flexibility index (Phi) is 3.05. The Morgan fingerprint density at radius 3 is 2.92 bits per heavy atom. The molecule has 0 saturated heterocycles. The maximum absolute atomic E-state index is 10.4. The lowest BCUT2D eigenvalue weighted by atomic mass is 9.94. The van der Waals surface area contributed by atoms with Crippen molar-refractivity contribution >= 4 is 5.97 Å². The topological polar surface area (TPSA) is 63.3 Å². The number of carbonyl (C=O) groups is 1. The van der Waals surface area contributed by atoms with Gasteiger partial charge in [0.1, 0.15) is 6.04 Å². The predicted octanol–water partition coefficient (Wildman–Crippen LogP) is 0.921. The van der Waals surface area contributed by atoms with Crippen LogP contribution in [0.15, 0.2) is 24.3 Å². The molecule has 1 aliphatic carbocycles. The van der Waals surface area contributed by atoms with Crippen LogP contribution in [-0.2, 0) is 4.79 Å². The van der Waals surface area contributed by atoms with E-state index in [4.69, 9.17) is 10.8 Å². The first kappa shape index (κ1) is 9.00. The molecule has 0 aromatic rings. The second kappa shape index (κ2) is 4.07. The average Bonchev–Trinajstić information content (AvgIpc) is 2.06. The number of rotatable bonds is 3. The standard InChI is InChI=1S/C9H13NO2/c10-8(9(11)12)6-7-4-2-1-3-5-7/h1-4,7-8H,5-6,10H2,(H,11,12)/t7-,8+/m1/s1. The molecule has 1 rings (SSSR count). The van der Waals surface area contributed by atoms with Gasteiger partial charge in [-0.3, -0.25) is 4.79 Å². The first-order valence-corrected chi connectivity index (χ1v) is 4.02. The fraction of sp³-hybridized carbons (Fsp3) is 0.444. The quantitative estimate of drug-likeness (QED) is 0.657. The molecule has 3 heteroatoms. The number of nitrogens with two attached hydrogens (primary N) is 1. The lowest BCUT2D eigenvalue weighted by Gasteiger charge is -2.14. The maximum atomic E-state index is 10.4. The zero-order chi connectivity index (χ0) is 8.97. The summed E-state index contributed by atoms with van der Waals surface area (Å²) in [6, 6.07) is -0.730. The molecule has 0 spiro atoms. The highest BCUT2D eigenvalue weighted by Crippen LogP contribution is 2.16. The summed E-state index contributed by atoms with van der Waals surface area (Å²) >= 11 is 0. The summed E-state index contributed by atoms with van der Waals surface area (Å²) in [7, 11) is 0. The summed E-state index contributed by atoms with van der Waals surface area (Å²) in [5.41, 5.74) is 5.39. The molecular formula is C9H13NO2. The van der Waals surface area contributed by atoms with Crippen molar-refractivity contribution < 1.29 is 9.90 Å². The van der Waals surface area contributed by atoms with E-state index in [9.17, 15) is 4.79 Å². The van der Waals surface area contributed by atoms with Crippen molar-refractivity contribution in [3.63, 3.8) is 0 Å². The fourth-order valence-corrected chi connectivity index (χ4v) is 1.23. The van der Waals surface area contributed by atoms with E-state index in [1.165, 1.54) is 0 Å².